The fraction of sp³-hybridized carbons (Fsp3) is 0.200. The largest absolute Gasteiger partial charge is 0.491 e. The molecule has 0 spiro atoms. The molecule has 0 amide bonds. The molecular weight excluding hydrogens is 305 g/mol. The van der Waals surface area contributed by atoms with Gasteiger partial charge in [0.15, 0.2) is 10.7 Å². The summed E-state index contributed by atoms with van der Waals surface area (Å²) in [7, 11) is 1.83. The van der Waals surface area contributed by atoms with Crippen LogP contribution in [0.25, 0.3) is 23.3 Å². The maximum Gasteiger partial charge on any atom is 0.220 e. The molecule has 2 aromatic heterocycles. The fourth-order valence-corrected chi connectivity index (χ4v) is 2.55. The Kier molecular flexibility index (Phi) is 4.34. The number of hydrogen-bond acceptors (Lipinski definition) is 6. The number of thiazole rings is 1. The lowest BCUT2D eigenvalue weighted by molar-refractivity contribution is 0.273. The number of rotatable bonds is 6. The van der Waals surface area contributed by atoms with E-state index in [1.165, 1.54) is 11.3 Å². The van der Waals surface area contributed by atoms with Gasteiger partial charge in [-0.25, -0.2) is 14.4 Å². The summed E-state index contributed by atoms with van der Waals surface area (Å²) in [5, 5.41) is 3.84. The molecule has 0 atom stereocenters. The van der Waals surface area contributed by atoms with Crippen molar-refractivity contribution in [3.05, 3.63) is 35.2 Å². The van der Waals surface area contributed by atoms with Crippen LogP contribution < -0.4 is 10.1 Å². The van der Waals surface area contributed by atoms with Crippen molar-refractivity contribution in [1.29, 1.82) is 0 Å². The Morgan fingerprint density at radius 1 is 1.41 bits per heavy atom. The summed E-state index contributed by atoms with van der Waals surface area (Å²) < 4.78 is 23.0. The van der Waals surface area contributed by atoms with Gasteiger partial charge in [-0.05, 0) is 18.2 Å². The number of aromatic nitrogens is 2. The molecule has 0 fully saturated rings. The number of oxazole rings is 1. The summed E-state index contributed by atoms with van der Waals surface area (Å²) in [6.45, 7) is -0.489. The minimum atomic E-state index is -0.522. The molecule has 0 aliphatic rings. The van der Waals surface area contributed by atoms with Crippen molar-refractivity contribution in [2.24, 2.45) is 0 Å². The van der Waals surface area contributed by atoms with Crippen LogP contribution in [0.2, 0.25) is 0 Å². The number of halogens is 1. The Morgan fingerprint density at radius 2 is 2.32 bits per heavy atom. The van der Waals surface area contributed by atoms with Crippen LogP contribution in [0, 0.1) is 0 Å². The lowest BCUT2D eigenvalue weighted by Gasteiger charge is -2.01. The van der Waals surface area contributed by atoms with E-state index in [-0.39, 0.29) is 6.61 Å². The molecule has 3 rings (SSSR count). The molecule has 1 N–H and O–H groups in total. The van der Waals surface area contributed by atoms with Gasteiger partial charge in [-0.3, -0.25) is 0 Å². The van der Waals surface area contributed by atoms with Crippen LogP contribution in [0.3, 0.4) is 0 Å². The Hall–Kier alpha value is -2.41. The molecule has 114 valence electrons. The van der Waals surface area contributed by atoms with Gasteiger partial charge in [0, 0.05) is 30.3 Å². The second kappa shape index (κ2) is 6.57. The molecule has 0 aliphatic carbocycles. The standard InChI is InChI=1S/C15H14FN3O2S/c1-17-15-18-9-11(22-15)3-5-14-19-12-4-2-10(20-7-6-16)8-13(12)21-14/h2-5,8-9H,6-7H2,1H3,(H,17,18). The zero-order valence-electron chi connectivity index (χ0n) is 11.9. The van der Waals surface area contributed by atoms with Crippen molar-refractivity contribution in [2.75, 3.05) is 25.6 Å². The van der Waals surface area contributed by atoms with E-state index in [2.05, 4.69) is 15.3 Å². The van der Waals surface area contributed by atoms with Crippen LogP contribution in [0.5, 0.6) is 5.75 Å². The molecule has 0 bridgehead atoms. The molecule has 0 saturated heterocycles. The molecule has 0 unspecified atom stereocenters. The van der Waals surface area contributed by atoms with E-state index < -0.39 is 6.67 Å². The fourth-order valence-electron chi connectivity index (χ4n) is 1.87. The summed E-state index contributed by atoms with van der Waals surface area (Å²) in [6.07, 6.45) is 5.46. The number of nitrogens with one attached hydrogen (secondary N) is 1. The zero-order chi connectivity index (χ0) is 15.4. The van der Waals surface area contributed by atoms with Crippen molar-refractivity contribution >= 4 is 39.7 Å². The van der Waals surface area contributed by atoms with E-state index >= 15 is 0 Å². The predicted octanol–water partition coefficient (Wildman–Crippen LogP) is 3.84. The zero-order valence-corrected chi connectivity index (χ0v) is 12.7. The molecule has 22 heavy (non-hydrogen) atoms. The average Bonchev–Trinajstić information content (AvgIpc) is 3.16. The van der Waals surface area contributed by atoms with Gasteiger partial charge < -0.3 is 14.5 Å². The number of hydrogen-bond donors (Lipinski definition) is 1. The van der Waals surface area contributed by atoms with Gasteiger partial charge in [-0.1, -0.05) is 11.3 Å². The lowest BCUT2D eigenvalue weighted by atomic mass is 10.3. The summed E-state index contributed by atoms with van der Waals surface area (Å²) in [5.41, 5.74) is 1.34. The van der Waals surface area contributed by atoms with E-state index in [4.69, 9.17) is 9.15 Å². The lowest BCUT2D eigenvalue weighted by Crippen LogP contribution is -1.97. The Bertz CT molecular complexity index is 797. The minimum Gasteiger partial charge on any atom is -0.491 e. The summed E-state index contributed by atoms with van der Waals surface area (Å²) in [4.78, 5) is 9.55. The molecule has 7 heteroatoms. The monoisotopic (exact) mass is 319 g/mol. The second-order valence-electron chi connectivity index (χ2n) is 4.37. The highest BCUT2D eigenvalue weighted by molar-refractivity contribution is 7.16. The van der Waals surface area contributed by atoms with E-state index in [0.29, 0.717) is 17.2 Å². The molecule has 5 nitrogen and oxygen atoms in total. The van der Waals surface area contributed by atoms with Crippen molar-refractivity contribution in [3.8, 4) is 5.75 Å². The average molecular weight is 319 g/mol. The van der Waals surface area contributed by atoms with Crippen molar-refractivity contribution < 1.29 is 13.5 Å². The van der Waals surface area contributed by atoms with Crippen LogP contribution >= 0.6 is 11.3 Å². The minimum absolute atomic E-state index is 0.0333. The third-order valence-corrected chi connectivity index (χ3v) is 3.83. The molecule has 2 heterocycles. The van der Waals surface area contributed by atoms with Gasteiger partial charge in [0.1, 0.15) is 24.5 Å². The third kappa shape index (κ3) is 3.25. The number of anilines is 1. The molecule has 3 aromatic rings. The molecule has 0 aliphatic heterocycles. The van der Waals surface area contributed by atoms with E-state index in [0.717, 1.165) is 15.5 Å². The van der Waals surface area contributed by atoms with Crippen molar-refractivity contribution in [1.82, 2.24) is 9.97 Å². The summed E-state index contributed by atoms with van der Waals surface area (Å²) in [5.74, 6) is 1.06. The molecule has 0 radical (unpaired) electrons. The van der Waals surface area contributed by atoms with Gasteiger partial charge in [0.05, 0.1) is 0 Å². The first-order valence-corrected chi connectivity index (χ1v) is 7.51. The summed E-state index contributed by atoms with van der Waals surface area (Å²) >= 11 is 1.54. The van der Waals surface area contributed by atoms with Crippen LogP contribution in [-0.2, 0) is 0 Å². The SMILES string of the molecule is CNc1ncc(C=Cc2nc3ccc(OCCF)cc3o2)s1. The maximum atomic E-state index is 12.1. The number of benzene rings is 1. The second-order valence-corrected chi connectivity index (χ2v) is 5.43. The van der Waals surface area contributed by atoms with Gasteiger partial charge in [-0.2, -0.15) is 0 Å². The van der Waals surface area contributed by atoms with Gasteiger partial charge in [-0.15, -0.1) is 0 Å². The van der Waals surface area contributed by atoms with E-state index in [9.17, 15) is 4.39 Å². The molecule has 1 aromatic carbocycles. The van der Waals surface area contributed by atoms with Crippen LogP contribution in [-0.4, -0.2) is 30.3 Å². The topological polar surface area (TPSA) is 60.2 Å². The van der Waals surface area contributed by atoms with E-state index in [1.54, 1.807) is 30.5 Å². The van der Waals surface area contributed by atoms with Crippen molar-refractivity contribution in [2.45, 2.75) is 0 Å². The Morgan fingerprint density at radius 3 is 3.09 bits per heavy atom. The first-order chi connectivity index (χ1) is 10.8. The third-order valence-electron chi connectivity index (χ3n) is 2.85. The Labute approximate surface area is 130 Å². The Balaban J connectivity index is 1.79. The summed E-state index contributed by atoms with van der Waals surface area (Å²) in [6, 6.07) is 5.24. The van der Waals surface area contributed by atoms with Gasteiger partial charge >= 0.3 is 0 Å². The molecule has 0 saturated carbocycles. The van der Waals surface area contributed by atoms with Gasteiger partial charge in [0.25, 0.3) is 0 Å². The number of alkyl halides is 1. The van der Waals surface area contributed by atoms with Crippen LogP contribution in [0.4, 0.5) is 9.52 Å². The van der Waals surface area contributed by atoms with Crippen LogP contribution in [0.1, 0.15) is 10.8 Å². The smallest absolute Gasteiger partial charge is 0.220 e. The maximum absolute atomic E-state index is 12.1. The van der Waals surface area contributed by atoms with Crippen molar-refractivity contribution in [3.63, 3.8) is 0 Å². The highest BCUT2D eigenvalue weighted by atomic mass is 32.1. The van der Waals surface area contributed by atoms with Gasteiger partial charge in [0.2, 0.25) is 5.89 Å². The molecular formula is C15H14FN3O2S. The van der Waals surface area contributed by atoms with E-state index in [1.807, 2.05) is 13.1 Å². The predicted molar refractivity (Wildman–Crippen MR) is 86.1 cm³/mol. The number of fused-ring (bicyclic) bond motifs is 1. The highest BCUT2D eigenvalue weighted by Crippen LogP contribution is 2.24. The first kappa shape index (κ1) is 14.5. The quantitative estimate of drug-likeness (QED) is 0.748. The van der Waals surface area contributed by atoms with Crippen LogP contribution in [0.15, 0.2) is 28.8 Å². The number of nitrogens with zero attached hydrogens (tertiary/aromatic N) is 2. The highest BCUT2D eigenvalue weighted by Gasteiger charge is 2.05. The first-order valence-electron chi connectivity index (χ1n) is 6.69. The number of ether oxygens (including phenoxy) is 1. The normalized spacial score (nSPS) is 11.4.